The third-order valence-electron chi connectivity index (χ3n) is 2.96. The van der Waals surface area contributed by atoms with Gasteiger partial charge in [-0.2, -0.15) is 0 Å². The average molecular weight is 270 g/mol. The molecule has 0 aliphatic rings. The van der Waals surface area contributed by atoms with Crippen molar-refractivity contribution in [1.29, 1.82) is 0 Å². The van der Waals surface area contributed by atoms with E-state index in [1.807, 2.05) is 6.07 Å². The first kappa shape index (κ1) is 16.0. The fourth-order valence-electron chi connectivity index (χ4n) is 1.83. The van der Waals surface area contributed by atoms with Crippen LogP contribution in [0.3, 0.4) is 0 Å². The van der Waals surface area contributed by atoms with Gasteiger partial charge in [0.25, 0.3) is 0 Å². The Kier molecular flexibility index (Phi) is 7.59. The van der Waals surface area contributed by atoms with E-state index >= 15 is 0 Å². The highest BCUT2D eigenvalue weighted by atomic mass is 19.1. The lowest BCUT2D eigenvalue weighted by Gasteiger charge is -2.22. The number of rotatable bonds is 9. The molecule has 5 heteroatoms. The van der Waals surface area contributed by atoms with E-state index in [1.165, 1.54) is 6.07 Å². The molecule has 0 aromatic heterocycles. The van der Waals surface area contributed by atoms with Gasteiger partial charge in [-0.25, -0.2) is 4.39 Å². The lowest BCUT2D eigenvalue weighted by atomic mass is 10.1. The fourth-order valence-corrected chi connectivity index (χ4v) is 1.83. The maximum Gasteiger partial charge on any atom is 0.127 e. The number of nitrogens with zero attached hydrogens (tertiary/aromatic N) is 1. The van der Waals surface area contributed by atoms with Crippen LogP contribution < -0.4 is 5.73 Å². The van der Waals surface area contributed by atoms with Crippen LogP contribution in [0.15, 0.2) is 18.2 Å². The Hall–Kier alpha value is -1.01. The van der Waals surface area contributed by atoms with Gasteiger partial charge >= 0.3 is 0 Å². The van der Waals surface area contributed by atoms with Gasteiger partial charge in [-0.15, -0.1) is 0 Å². The van der Waals surface area contributed by atoms with Gasteiger partial charge in [0.15, 0.2) is 0 Å². The van der Waals surface area contributed by atoms with Gasteiger partial charge in [0.2, 0.25) is 0 Å². The summed E-state index contributed by atoms with van der Waals surface area (Å²) in [5, 5.41) is 0. The second kappa shape index (κ2) is 8.98. The zero-order chi connectivity index (χ0) is 14.1. The fraction of sp³-hybridized carbons (Fsp3) is 0.571. The molecule has 0 radical (unpaired) electrons. The molecule has 0 heterocycles. The van der Waals surface area contributed by atoms with E-state index < -0.39 is 0 Å². The van der Waals surface area contributed by atoms with E-state index in [4.69, 9.17) is 15.2 Å². The molecule has 0 unspecified atom stereocenters. The normalized spacial score (nSPS) is 11.2. The lowest BCUT2D eigenvalue weighted by Crippen LogP contribution is -2.30. The van der Waals surface area contributed by atoms with Crippen LogP contribution in [0.1, 0.15) is 11.1 Å². The minimum absolute atomic E-state index is 0.197. The molecule has 0 fully saturated rings. The molecule has 4 nitrogen and oxygen atoms in total. The van der Waals surface area contributed by atoms with E-state index in [9.17, 15) is 4.39 Å². The third kappa shape index (κ3) is 5.65. The Labute approximate surface area is 114 Å². The van der Waals surface area contributed by atoms with E-state index in [-0.39, 0.29) is 5.82 Å². The smallest absolute Gasteiger partial charge is 0.127 e. The van der Waals surface area contributed by atoms with Crippen LogP contribution in [0.4, 0.5) is 4.39 Å². The van der Waals surface area contributed by atoms with Crippen molar-refractivity contribution in [2.75, 3.05) is 40.5 Å². The van der Waals surface area contributed by atoms with Crippen LogP contribution >= 0.6 is 0 Å². The van der Waals surface area contributed by atoms with E-state index in [0.717, 1.165) is 18.7 Å². The molecule has 0 bridgehead atoms. The predicted molar refractivity (Wildman–Crippen MR) is 73.3 cm³/mol. The SMILES string of the molecule is COCCN(CCOC)Cc1cc(CN)ccc1F. The van der Waals surface area contributed by atoms with Crippen LogP contribution in [0.2, 0.25) is 0 Å². The van der Waals surface area contributed by atoms with Crippen molar-refractivity contribution in [3.05, 3.63) is 35.1 Å². The van der Waals surface area contributed by atoms with Crippen molar-refractivity contribution in [2.45, 2.75) is 13.1 Å². The summed E-state index contributed by atoms with van der Waals surface area (Å²) < 4.78 is 23.9. The van der Waals surface area contributed by atoms with Crippen molar-refractivity contribution in [2.24, 2.45) is 5.73 Å². The van der Waals surface area contributed by atoms with Gasteiger partial charge in [-0.1, -0.05) is 12.1 Å². The first-order valence-corrected chi connectivity index (χ1v) is 6.38. The van der Waals surface area contributed by atoms with Crippen LogP contribution in [0.25, 0.3) is 0 Å². The van der Waals surface area contributed by atoms with Gasteiger partial charge in [-0.3, -0.25) is 4.90 Å². The van der Waals surface area contributed by atoms with E-state index in [0.29, 0.717) is 31.9 Å². The van der Waals surface area contributed by atoms with Gasteiger partial charge in [-0.05, 0) is 11.6 Å². The number of halogens is 1. The number of hydrogen-bond donors (Lipinski definition) is 1. The molecule has 0 aliphatic carbocycles. The van der Waals surface area contributed by atoms with E-state index in [1.54, 1.807) is 20.3 Å². The lowest BCUT2D eigenvalue weighted by molar-refractivity contribution is 0.109. The Morgan fingerprint density at radius 1 is 1.16 bits per heavy atom. The van der Waals surface area contributed by atoms with Crippen molar-refractivity contribution in [3.63, 3.8) is 0 Å². The van der Waals surface area contributed by atoms with Crippen LogP contribution in [-0.2, 0) is 22.6 Å². The molecule has 0 atom stereocenters. The molecule has 1 aromatic rings. The van der Waals surface area contributed by atoms with Crippen LogP contribution in [0.5, 0.6) is 0 Å². The Morgan fingerprint density at radius 3 is 2.32 bits per heavy atom. The van der Waals surface area contributed by atoms with Crippen molar-refractivity contribution < 1.29 is 13.9 Å². The molecule has 0 saturated heterocycles. The molecular weight excluding hydrogens is 247 g/mol. The monoisotopic (exact) mass is 270 g/mol. The summed E-state index contributed by atoms with van der Waals surface area (Å²) in [6.45, 7) is 3.66. The number of hydrogen-bond acceptors (Lipinski definition) is 4. The van der Waals surface area contributed by atoms with Crippen molar-refractivity contribution in [1.82, 2.24) is 4.90 Å². The highest BCUT2D eigenvalue weighted by Crippen LogP contribution is 2.13. The first-order valence-electron chi connectivity index (χ1n) is 6.38. The summed E-state index contributed by atoms with van der Waals surface area (Å²) in [6.07, 6.45) is 0. The maximum absolute atomic E-state index is 13.8. The molecule has 1 rings (SSSR count). The van der Waals surface area contributed by atoms with Crippen LogP contribution in [0, 0.1) is 5.82 Å². The summed E-state index contributed by atoms with van der Waals surface area (Å²) >= 11 is 0. The van der Waals surface area contributed by atoms with Gasteiger partial charge in [0.1, 0.15) is 5.82 Å². The summed E-state index contributed by atoms with van der Waals surface area (Å²) in [5.74, 6) is -0.197. The summed E-state index contributed by atoms with van der Waals surface area (Å²) in [6, 6.07) is 5.01. The number of benzene rings is 1. The maximum atomic E-state index is 13.8. The van der Waals surface area contributed by atoms with Gasteiger partial charge < -0.3 is 15.2 Å². The van der Waals surface area contributed by atoms with Crippen molar-refractivity contribution in [3.8, 4) is 0 Å². The molecule has 0 spiro atoms. The summed E-state index contributed by atoms with van der Waals surface area (Å²) in [4.78, 5) is 2.10. The molecule has 0 saturated carbocycles. The molecule has 2 N–H and O–H groups in total. The molecule has 0 amide bonds. The quantitative estimate of drug-likeness (QED) is 0.736. The van der Waals surface area contributed by atoms with E-state index in [2.05, 4.69) is 4.90 Å². The minimum Gasteiger partial charge on any atom is -0.383 e. The molecule has 19 heavy (non-hydrogen) atoms. The minimum atomic E-state index is -0.197. The summed E-state index contributed by atoms with van der Waals surface area (Å²) in [7, 11) is 3.31. The number of methoxy groups -OCH3 is 2. The number of nitrogens with two attached hydrogens (primary N) is 1. The zero-order valence-electron chi connectivity index (χ0n) is 11.7. The zero-order valence-corrected chi connectivity index (χ0v) is 11.7. The largest absolute Gasteiger partial charge is 0.383 e. The second-order valence-corrected chi connectivity index (χ2v) is 4.39. The highest BCUT2D eigenvalue weighted by Gasteiger charge is 2.10. The number of ether oxygens (including phenoxy) is 2. The average Bonchev–Trinajstić information content (AvgIpc) is 2.43. The molecular formula is C14H23FN2O2. The first-order chi connectivity index (χ1) is 9.21. The topological polar surface area (TPSA) is 47.7 Å². The predicted octanol–water partition coefficient (Wildman–Crippen LogP) is 1.38. The third-order valence-corrected chi connectivity index (χ3v) is 2.96. The van der Waals surface area contributed by atoms with Gasteiger partial charge in [0.05, 0.1) is 13.2 Å². The van der Waals surface area contributed by atoms with Crippen molar-refractivity contribution >= 4 is 0 Å². The molecule has 1 aromatic carbocycles. The summed E-state index contributed by atoms with van der Waals surface area (Å²) in [5.41, 5.74) is 7.19. The Bertz CT molecular complexity index is 366. The Morgan fingerprint density at radius 2 is 1.79 bits per heavy atom. The molecule has 108 valence electrons. The molecule has 0 aliphatic heterocycles. The van der Waals surface area contributed by atoms with Gasteiger partial charge in [0, 0.05) is 46.0 Å². The Balaban J connectivity index is 2.70. The van der Waals surface area contributed by atoms with Crippen LogP contribution in [-0.4, -0.2) is 45.4 Å². The second-order valence-electron chi connectivity index (χ2n) is 4.39. The standard InChI is InChI=1S/C14H23FN2O2/c1-18-7-5-17(6-8-19-2)11-13-9-12(10-16)3-4-14(13)15/h3-4,9H,5-8,10-11,16H2,1-2H3. The highest BCUT2D eigenvalue weighted by molar-refractivity contribution is 5.25.